The van der Waals surface area contributed by atoms with E-state index in [1.165, 1.54) is 0 Å². The Hall–Kier alpha value is -1.88. The van der Waals surface area contributed by atoms with Crippen LogP contribution in [0.25, 0.3) is 0 Å². The normalized spacial score (nSPS) is 18.3. The lowest BCUT2D eigenvalue weighted by Gasteiger charge is -2.32. The van der Waals surface area contributed by atoms with Gasteiger partial charge in [0.05, 0.1) is 18.9 Å². The lowest BCUT2D eigenvalue weighted by Crippen LogP contribution is -2.46. The van der Waals surface area contributed by atoms with E-state index in [2.05, 4.69) is 5.32 Å². The van der Waals surface area contributed by atoms with Gasteiger partial charge in [-0.1, -0.05) is 30.3 Å². The molecule has 1 atom stereocenters. The summed E-state index contributed by atoms with van der Waals surface area (Å²) in [6.45, 7) is 1.40. The third kappa shape index (κ3) is 4.56. The number of hydrogen-bond acceptors (Lipinski definition) is 3. The number of piperidine rings is 1. The first kappa shape index (κ1) is 15.5. The molecule has 0 spiro atoms. The van der Waals surface area contributed by atoms with Crippen LogP contribution in [-0.2, 0) is 16.0 Å². The summed E-state index contributed by atoms with van der Waals surface area (Å²) in [5.74, 6) is -0.160. The number of hydrogen-bond donors (Lipinski definition) is 2. The minimum Gasteiger partial charge on any atom is -0.395 e. The first-order valence-electron chi connectivity index (χ1n) is 7.41. The predicted molar refractivity (Wildman–Crippen MR) is 79.5 cm³/mol. The molecular formula is C16H22N2O3. The molecule has 2 rings (SSSR count). The molecule has 5 nitrogen and oxygen atoms in total. The summed E-state index contributed by atoms with van der Waals surface area (Å²) < 4.78 is 0. The van der Waals surface area contributed by atoms with Gasteiger partial charge in [0.25, 0.3) is 0 Å². The van der Waals surface area contributed by atoms with Crippen LogP contribution in [0.4, 0.5) is 0 Å². The molecule has 2 amide bonds. The monoisotopic (exact) mass is 290 g/mol. The van der Waals surface area contributed by atoms with Gasteiger partial charge in [-0.25, -0.2) is 0 Å². The number of aliphatic hydroxyl groups is 1. The van der Waals surface area contributed by atoms with E-state index in [1.807, 2.05) is 30.3 Å². The molecule has 1 heterocycles. The van der Waals surface area contributed by atoms with Gasteiger partial charge in [-0.15, -0.1) is 0 Å². The predicted octanol–water partition coefficient (Wildman–Crippen LogP) is 0.576. The molecule has 1 unspecified atom stereocenters. The second kappa shape index (κ2) is 7.78. The molecule has 1 aromatic carbocycles. The Balaban J connectivity index is 1.88. The summed E-state index contributed by atoms with van der Waals surface area (Å²) in [5.41, 5.74) is 0.995. The number of carbonyl (C=O) groups excluding carboxylic acids is 2. The van der Waals surface area contributed by atoms with E-state index in [9.17, 15) is 9.59 Å². The molecular weight excluding hydrogens is 268 g/mol. The quantitative estimate of drug-likeness (QED) is 0.833. The number of aliphatic hydroxyl groups excluding tert-OH is 1. The van der Waals surface area contributed by atoms with E-state index in [0.29, 0.717) is 13.0 Å². The first-order valence-corrected chi connectivity index (χ1v) is 7.41. The highest BCUT2D eigenvalue weighted by molar-refractivity contribution is 5.82. The Kier molecular flexibility index (Phi) is 5.75. The van der Waals surface area contributed by atoms with E-state index in [-0.39, 0.29) is 30.9 Å². The molecule has 1 fully saturated rings. The Morgan fingerprint density at radius 3 is 2.76 bits per heavy atom. The molecule has 0 aromatic heterocycles. The van der Waals surface area contributed by atoms with Crippen molar-refractivity contribution in [3.05, 3.63) is 35.9 Å². The highest BCUT2D eigenvalue weighted by atomic mass is 16.3. The van der Waals surface area contributed by atoms with Crippen molar-refractivity contribution in [1.29, 1.82) is 0 Å². The number of nitrogens with zero attached hydrogens (tertiary/aromatic N) is 1. The van der Waals surface area contributed by atoms with Crippen LogP contribution in [-0.4, -0.2) is 48.1 Å². The van der Waals surface area contributed by atoms with E-state index < -0.39 is 0 Å². The van der Waals surface area contributed by atoms with Crippen molar-refractivity contribution in [2.45, 2.75) is 19.3 Å². The summed E-state index contributed by atoms with van der Waals surface area (Å²) in [5, 5.41) is 11.4. The van der Waals surface area contributed by atoms with Gasteiger partial charge in [-0.2, -0.15) is 0 Å². The molecule has 0 saturated carbocycles. The van der Waals surface area contributed by atoms with E-state index in [0.717, 1.165) is 24.9 Å². The second-order valence-corrected chi connectivity index (χ2v) is 5.36. The number of rotatable bonds is 5. The molecule has 2 N–H and O–H groups in total. The van der Waals surface area contributed by atoms with Crippen LogP contribution in [0.15, 0.2) is 30.3 Å². The van der Waals surface area contributed by atoms with Crippen LogP contribution in [0, 0.1) is 5.92 Å². The molecule has 114 valence electrons. The topological polar surface area (TPSA) is 69.6 Å². The number of amides is 2. The Labute approximate surface area is 125 Å². The third-order valence-electron chi connectivity index (χ3n) is 3.75. The van der Waals surface area contributed by atoms with Crippen LogP contribution in [0.1, 0.15) is 18.4 Å². The van der Waals surface area contributed by atoms with Gasteiger partial charge >= 0.3 is 0 Å². The first-order chi connectivity index (χ1) is 10.2. The standard InChI is InChI=1S/C16H22N2O3/c19-10-8-17-16(21)14-7-4-9-18(12-14)15(20)11-13-5-2-1-3-6-13/h1-3,5-6,14,19H,4,7-12H2,(H,17,21). The van der Waals surface area contributed by atoms with E-state index >= 15 is 0 Å². The number of benzene rings is 1. The highest BCUT2D eigenvalue weighted by Gasteiger charge is 2.28. The maximum Gasteiger partial charge on any atom is 0.227 e. The zero-order valence-corrected chi connectivity index (χ0v) is 12.1. The number of likely N-dealkylation sites (tertiary alicyclic amines) is 1. The van der Waals surface area contributed by atoms with Gasteiger partial charge < -0.3 is 15.3 Å². The minimum atomic E-state index is -0.162. The average Bonchev–Trinajstić information content (AvgIpc) is 2.53. The fourth-order valence-corrected chi connectivity index (χ4v) is 2.62. The van der Waals surface area contributed by atoms with Crippen LogP contribution in [0.3, 0.4) is 0 Å². The molecule has 1 aliphatic heterocycles. The fourth-order valence-electron chi connectivity index (χ4n) is 2.62. The largest absolute Gasteiger partial charge is 0.395 e. The highest BCUT2D eigenvalue weighted by Crippen LogP contribution is 2.17. The minimum absolute atomic E-state index is 0.0604. The van der Waals surface area contributed by atoms with Crippen molar-refractivity contribution in [2.24, 2.45) is 5.92 Å². The molecule has 1 aromatic rings. The molecule has 21 heavy (non-hydrogen) atoms. The van der Waals surface area contributed by atoms with E-state index in [1.54, 1.807) is 4.90 Å². The Bertz CT molecular complexity index is 476. The van der Waals surface area contributed by atoms with E-state index in [4.69, 9.17) is 5.11 Å². The summed E-state index contributed by atoms with van der Waals surface area (Å²) in [7, 11) is 0. The molecule has 0 bridgehead atoms. The van der Waals surface area contributed by atoms with Crippen molar-refractivity contribution in [2.75, 3.05) is 26.2 Å². The molecule has 0 radical (unpaired) electrons. The second-order valence-electron chi connectivity index (χ2n) is 5.36. The van der Waals surface area contributed by atoms with Gasteiger partial charge in [-0.05, 0) is 18.4 Å². The summed E-state index contributed by atoms with van der Waals surface area (Å²) in [6.07, 6.45) is 2.02. The van der Waals surface area contributed by atoms with Crippen LogP contribution in [0.2, 0.25) is 0 Å². The fraction of sp³-hybridized carbons (Fsp3) is 0.500. The average molecular weight is 290 g/mol. The SMILES string of the molecule is O=C(NCCO)C1CCCN(C(=O)Cc2ccccc2)C1. The van der Waals surface area contributed by atoms with Crippen LogP contribution < -0.4 is 5.32 Å². The van der Waals surface area contributed by atoms with Gasteiger partial charge in [0, 0.05) is 19.6 Å². The maximum absolute atomic E-state index is 12.3. The summed E-state index contributed by atoms with van der Waals surface area (Å²) in [4.78, 5) is 26.0. The molecule has 1 aliphatic rings. The smallest absolute Gasteiger partial charge is 0.227 e. The molecule has 5 heteroatoms. The van der Waals surface area contributed by atoms with Crippen LogP contribution >= 0.6 is 0 Å². The van der Waals surface area contributed by atoms with Crippen LogP contribution in [0.5, 0.6) is 0 Å². The van der Waals surface area contributed by atoms with Crippen molar-refractivity contribution >= 4 is 11.8 Å². The number of nitrogens with one attached hydrogen (secondary N) is 1. The van der Waals surface area contributed by atoms with Crippen molar-refractivity contribution in [3.63, 3.8) is 0 Å². The van der Waals surface area contributed by atoms with Gasteiger partial charge in [0.2, 0.25) is 11.8 Å². The lowest BCUT2D eigenvalue weighted by molar-refractivity contribution is -0.135. The van der Waals surface area contributed by atoms with Crippen molar-refractivity contribution in [1.82, 2.24) is 10.2 Å². The Morgan fingerprint density at radius 2 is 2.05 bits per heavy atom. The summed E-state index contributed by atoms with van der Waals surface area (Å²) in [6, 6.07) is 9.64. The summed E-state index contributed by atoms with van der Waals surface area (Å²) >= 11 is 0. The number of carbonyl (C=O) groups is 2. The van der Waals surface area contributed by atoms with Gasteiger partial charge in [0.1, 0.15) is 0 Å². The van der Waals surface area contributed by atoms with Gasteiger partial charge in [0.15, 0.2) is 0 Å². The lowest BCUT2D eigenvalue weighted by atomic mass is 9.96. The third-order valence-corrected chi connectivity index (χ3v) is 3.75. The van der Waals surface area contributed by atoms with Gasteiger partial charge in [-0.3, -0.25) is 9.59 Å². The maximum atomic E-state index is 12.3. The van der Waals surface area contributed by atoms with Crippen molar-refractivity contribution < 1.29 is 14.7 Å². The Morgan fingerprint density at radius 1 is 1.29 bits per heavy atom. The molecule has 0 aliphatic carbocycles. The van der Waals surface area contributed by atoms with Crippen molar-refractivity contribution in [3.8, 4) is 0 Å². The zero-order chi connectivity index (χ0) is 15.1. The molecule has 1 saturated heterocycles. The zero-order valence-electron chi connectivity index (χ0n) is 12.1.